The lowest BCUT2D eigenvalue weighted by Crippen LogP contribution is -2.23. The van der Waals surface area contributed by atoms with Gasteiger partial charge in [0.05, 0.1) is 7.11 Å². The molecule has 0 aliphatic carbocycles. The second-order valence-corrected chi connectivity index (χ2v) is 5.12. The van der Waals surface area contributed by atoms with Gasteiger partial charge in [-0.2, -0.15) is 0 Å². The SMILES string of the molecule is COc1ccc(CCCCCCNC(C)C)cc1. The molecule has 1 rings (SSSR count). The Morgan fingerprint density at radius 1 is 1.00 bits per heavy atom. The van der Waals surface area contributed by atoms with Gasteiger partial charge in [-0.25, -0.2) is 0 Å². The molecule has 0 amide bonds. The van der Waals surface area contributed by atoms with Crippen LogP contribution >= 0.6 is 0 Å². The minimum absolute atomic E-state index is 0.615. The Balaban J connectivity index is 2.03. The normalized spacial score (nSPS) is 10.9. The van der Waals surface area contributed by atoms with Crippen molar-refractivity contribution in [1.29, 1.82) is 0 Å². The molecule has 0 bridgehead atoms. The maximum atomic E-state index is 5.15. The predicted octanol–water partition coefficient (Wildman–Crippen LogP) is 3.80. The minimum Gasteiger partial charge on any atom is -0.497 e. The van der Waals surface area contributed by atoms with E-state index in [1.54, 1.807) is 7.11 Å². The summed E-state index contributed by atoms with van der Waals surface area (Å²) >= 11 is 0. The summed E-state index contributed by atoms with van der Waals surface area (Å²) in [5.41, 5.74) is 1.41. The highest BCUT2D eigenvalue weighted by Crippen LogP contribution is 2.13. The third-order valence-electron chi connectivity index (χ3n) is 3.10. The van der Waals surface area contributed by atoms with Crippen LogP contribution in [-0.2, 0) is 6.42 Å². The Hall–Kier alpha value is -1.02. The van der Waals surface area contributed by atoms with E-state index in [2.05, 4.69) is 31.3 Å². The van der Waals surface area contributed by atoms with Gasteiger partial charge in [-0.05, 0) is 43.5 Å². The largest absolute Gasteiger partial charge is 0.497 e. The van der Waals surface area contributed by atoms with Crippen molar-refractivity contribution in [2.45, 2.75) is 52.0 Å². The molecule has 1 N–H and O–H groups in total. The molecule has 0 heterocycles. The zero-order chi connectivity index (χ0) is 13.2. The Bertz CT molecular complexity index is 305. The summed E-state index contributed by atoms with van der Waals surface area (Å²) in [5, 5.41) is 3.45. The summed E-state index contributed by atoms with van der Waals surface area (Å²) in [4.78, 5) is 0. The van der Waals surface area contributed by atoms with Gasteiger partial charge < -0.3 is 10.1 Å². The second-order valence-electron chi connectivity index (χ2n) is 5.12. The lowest BCUT2D eigenvalue weighted by Gasteiger charge is -2.07. The van der Waals surface area contributed by atoms with Crippen molar-refractivity contribution in [3.05, 3.63) is 29.8 Å². The molecular formula is C16H27NO. The smallest absolute Gasteiger partial charge is 0.118 e. The van der Waals surface area contributed by atoms with E-state index in [9.17, 15) is 0 Å². The van der Waals surface area contributed by atoms with Crippen molar-refractivity contribution < 1.29 is 4.74 Å². The number of nitrogens with one attached hydrogen (secondary N) is 1. The number of hydrogen-bond acceptors (Lipinski definition) is 2. The molecule has 0 saturated heterocycles. The number of hydrogen-bond donors (Lipinski definition) is 1. The molecule has 1 aromatic rings. The molecule has 0 atom stereocenters. The van der Waals surface area contributed by atoms with Gasteiger partial charge >= 0.3 is 0 Å². The fourth-order valence-electron chi connectivity index (χ4n) is 1.99. The van der Waals surface area contributed by atoms with Gasteiger partial charge in [-0.3, -0.25) is 0 Å². The average molecular weight is 249 g/mol. The number of rotatable bonds is 9. The molecule has 0 aliphatic rings. The predicted molar refractivity (Wildman–Crippen MR) is 78.3 cm³/mol. The van der Waals surface area contributed by atoms with Crippen LogP contribution in [-0.4, -0.2) is 19.7 Å². The molecule has 18 heavy (non-hydrogen) atoms. The van der Waals surface area contributed by atoms with E-state index in [1.807, 2.05) is 12.1 Å². The first-order chi connectivity index (χ1) is 8.72. The molecule has 102 valence electrons. The first-order valence-electron chi connectivity index (χ1n) is 7.08. The second kappa shape index (κ2) is 8.98. The lowest BCUT2D eigenvalue weighted by atomic mass is 10.1. The molecule has 0 aliphatic heterocycles. The summed E-state index contributed by atoms with van der Waals surface area (Å²) in [7, 11) is 1.71. The van der Waals surface area contributed by atoms with Gasteiger partial charge in [0.2, 0.25) is 0 Å². The Morgan fingerprint density at radius 2 is 1.67 bits per heavy atom. The van der Waals surface area contributed by atoms with E-state index in [0.717, 1.165) is 12.3 Å². The van der Waals surface area contributed by atoms with Crippen molar-refractivity contribution in [3.8, 4) is 5.75 Å². The van der Waals surface area contributed by atoms with Crippen LogP contribution < -0.4 is 10.1 Å². The van der Waals surface area contributed by atoms with E-state index >= 15 is 0 Å². The molecule has 1 aromatic carbocycles. The van der Waals surface area contributed by atoms with Crippen LogP contribution in [0.15, 0.2) is 24.3 Å². The van der Waals surface area contributed by atoms with Crippen molar-refractivity contribution in [2.75, 3.05) is 13.7 Å². The topological polar surface area (TPSA) is 21.3 Å². The lowest BCUT2D eigenvalue weighted by molar-refractivity contribution is 0.414. The number of unbranched alkanes of at least 4 members (excludes halogenated alkanes) is 3. The van der Waals surface area contributed by atoms with Gasteiger partial charge in [0.25, 0.3) is 0 Å². The van der Waals surface area contributed by atoms with Crippen LogP contribution in [0.4, 0.5) is 0 Å². The molecule has 2 heteroatoms. The third-order valence-corrected chi connectivity index (χ3v) is 3.10. The number of aryl methyl sites for hydroxylation is 1. The molecule has 0 saturated carbocycles. The molecule has 2 nitrogen and oxygen atoms in total. The standard InChI is InChI=1S/C16H27NO/c1-14(2)17-13-7-5-4-6-8-15-9-11-16(18-3)12-10-15/h9-12,14,17H,4-8,13H2,1-3H3. The van der Waals surface area contributed by atoms with Crippen molar-refractivity contribution >= 4 is 0 Å². The first-order valence-corrected chi connectivity index (χ1v) is 7.08. The zero-order valence-electron chi connectivity index (χ0n) is 12.0. The Kier molecular flexibility index (Phi) is 7.51. The molecular weight excluding hydrogens is 222 g/mol. The highest BCUT2D eigenvalue weighted by molar-refractivity contribution is 5.27. The molecule has 0 unspecified atom stereocenters. The van der Waals surface area contributed by atoms with Crippen LogP contribution in [0.25, 0.3) is 0 Å². The molecule has 0 fully saturated rings. The van der Waals surface area contributed by atoms with E-state index in [1.165, 1.54) is 37.7 Å². The summed E-state index contributed by atoms with van der Waals surface area (Å²) in [6.45, 7) is 5.55. The summed E-state index contributed by atoms with van der Waals surface area (Å²) in [5.74, 6) is 0.943. The Labute approximate surface area is 112 Å². The van der Waals surface area contributed by atoms with Gasteiger partial charge in [0, 0.05) is 6.04 Å². The Morgan fingerprint density at radius 3 is 2.28 bits per heavy atom. The monoisotopic (exact) mass is 249 g/mol. The van der Waals surface area contributed by atoms with Crippen LogP contribution in [0.3, 0.4) is 0 Å². The van der Waals surface area contributed by atoms with E-state index in [0.29, 0.717) is 6.04 Å². The van der Waals surface area contributed by atoms with E-state index < -0.39 is 0 Å². The highest BCUT2D eigenvalue weighted by atomic mass is 16.5. The molecule has 0 aromatic heterocycles. The van der Waals surface area contributed by atoms with Gasteiger partial charge in [0.15, 0.2) is 0 Å². The maximum absolute atomic E-state index is 5.15. The van der Waals surface area contributed by atoms with Crippen LogP contribution in [0, 0.1) is 0 Å². The van der Waals surface area contributed by atoms with Gasteiger partial charge in [-0.1, -0.05) is 38.8 Å². The fraction of sp³-hybridized carbons (Fsp3) is 0.625. The van der Waals surface area contributed by atoms with Crippen molar-refractivity contribution in [2.24, 2.45) is 0 Å². The maximum Gasteiger partial charge on any atom is 0.118 e. The van der Waals surface area contributed by atoms with Crippen LogP contribution in [0.2, 0.25) is 0 Å². The van der Waals surface area contributed by atoms with E-state index in [-0.39, 0.29) is 0 Å². The summed E-state index contributed by atoms with van der Waals surface area (Å²) in [6.07, 6.45) is 6.41. The van der Waals surface area contributed by atoms with Crippen molar-refractivity contribution in [3.63, 3.8) is 0 Å². The van der Waals surface area contributed by atoms with E-state index in [4.69, 9.17) is 4.74 Å². The highest BCUT2D eigenvalue weighted by Gasteiger charge is 1.96. The minimum atomic E-state index is 0.615. The molecule has 0 radical (unpaired) electrons. The number of benzene rings is 1. The summed E-state index contributed by atoms with van der Waals surface area (Å²) < 4.78 is 5.15. The fourth-order valence-corrected chi connectivity index (χ4v) is 1.99. The van der Waals surface area contributed by atoms with Crippen molar-refractivity contribution in [1.82, 2.24) is 5.32 Å². The van der Waals surface area contributed by atoms with Crippen LogP contribution in [0.5, 0.6) is 5.75 Å². The third kappa shape index (κ3) is 6.65. The quantitative estimate of drug-likeness (QED) is 0.672. The molecule has 0 spiro atoms. The number of ether oxygens (including phenoxy) is 1. The zero-order valence-corrected chi connectivity index (χ0v) is 12.0. The van der Waals surface area contributed by atoms with Gasteiger partial charge in [-0.15, -0.1) is 0 Å². The van der Waals surface area contributed by atoms with Crippen LogP contribution in [0.1, 0.15) is 45.1 Å². The summed E-state index contributed by atoms with van der Waals surface area (Å²) in [6, 6.07) is 9.03. The number of methoxy groups -OCH3 is 1. The average Bonchev–Trinajstić information content (AvgIpc) is 2.38. The van der Waals surface area contributed by atoms with Gasteiger partial charge in [0.1, 0.15) is 5.75 Å². The first kappa shape index (κ1) is 15.0.